The van der Waals surface area contributed by atoms with Crippen molar-refractivity contribution in [3.8, 4) is 0 Å². The number of likely N-dealkylation sites (tertiary alicyclic amines) is 1. The number of non-ortho nitro benzene ring substituents is 1. The molecule has 1 aliphatic heterocycles. The molecule has 4 rings (SSSR count). The molecule has 0 saturated carbocycles. The molecule has 10 nitrogen and oxygen atoms in total. The Morgan fingerprint density at radius 1 is 1.03 bits per heavy atom. The SMILES string of the molecule is CCOC(=O)c1ccc(CN2C(=O)C(=O)/C(=C(\O)c3ccc([N+](=O)[O-])cc3)C2c2ccncc2)cc1. The van der Waals surface area contributed by atoms with Crippen LogP contribution in [-0.4, -0.2) is 44.2 Å². The van der Waals surface area contributed by atoms with E-state index in [0.717, 1.165) is 0 Å². The lowest BCUT2D eigenvalue weighted by atomic mass is 9.95. The highest BCUT2D eigenvalue weighted by atomic mass is 16.6. The lowest BCUT2D eigenvalue weighted by Crippen LogP contribution is -2.29. The number of nitro benzene ring substituents is 1. The van der Waals surface area contributed by atoms with Gasteiger partial charge in [0.1, 0.15) is 5.76 Å². The molecule has 1 aliphatic rings. The third kappa shape index (κ3) is 4.69. The zero-order chi connectivity index (χ0) is 25.8. The quantitative estimate of drug-likeness (QED) is 0.133. The predicted octanol–water partition coefficient (Wildman–Crippen LogP) is 3.79. The number of hydrogen-bond donors (Lipinski definition) is 1. The number of esters is 1. The van der Waals surface area contributed by atoms with E-state index in [2.05, 4.69) is 4.98 Å². The standard InChI is InChI=1S/C26H21N3O7/c1-2-36-26(33)19-5-3-16(4-6-19)15-28-22(17-11-13-27-14-12-17)21(24(31)25(28)32)23(30)18-7-9-20(10-8-18)29(34)35/h3-14,22,30H,2,15H2,1H3/b23-21-. The fourth-order valence-corrected chi connectivity index (χ4v) is 3.99. The number of hydrogen-bond acceptors (Lipinski definition) is 8. The number of nitrogens with zero attached hydrogens (tertiary/aromatic N) is 3. The molecule has 1 aromatic heterocycles. The number of ether oxygens (including phenoxy) is 1. The molecule has 1 saturated heterocycles. The molecule has 0 spiro atoms. The van der Waals surface area contributed by atoms with Gasteiger partial charge in [0.15, 0.2) is 0 Å². The smallest absolute Gasteiger partial charge is 0.338 e. The summed E-state index contributed by atoms with van der Waals surface area (Å²) in [5.41, 5.74) is 1.41. The summed E-state index contributed by atoms with van der Waals surface area (Å²) in [7, 11) is 0. The van der Waals surface area contributed by atoms with Crippen molar-refractivity contribution in [2.75, 3.05) is 6.61 Å². The number of carbonyl (C=O) groups excluding carboxylic acids is 3. The summed E-state index contributed by atoms with van der Waals surface area (Å²) in [5, 5.41) is 22.0. The van der Waals surface area contributed by atoms with Gasteiger partial charge in [-0.05, 0) is 54.4 Å². The lowest BCUT2D eigenvalue weighted by Gasteiger charge is -2.25. The second-order valence-corrected chi connectivity index (χ2v) is 7.93. The molecule has 1 amide bonds. The number of amides is 1. The molecule has 0 bridgehead atoms. The molecule has 1 atom stereocenters. The van der Waals surface area contributed by atoms with Crippen LogP contribution in [0, 0.1) is 10.1 Å². The van der Waals surface area contributed by atoms with Gasteiger partial charge in [-0.2, -0.15) is 0 Å². The Labute approximate surface area is 205 Å². The highest BCUT2D eigenvalue weighted by Gasteiger charge is 2.46. The molecule has 3 aromatic rings. The zero-order valence-corrected chi connectivity index (χ0v) is 19.2. The molecule has 2 aromatic carbocycles. The van der Waals surface area contributed by atoms with E-state index < -0.39 is 34.4 Å². The number of rotatable bonds is 7. The van der Waals surface area contributed by atoms with Gasteiger partial charge in [-0.3, -0.25) is 24.7 Å². The van der Waals surface area contributed by atoms with E-state index in [1.165, 1.54) is 41.6 Å². The highest BCUT2D eigenvalue weighted by molar-refractivity contribution is 6.46. The number of aliphatic hydroxyl groups is 1. The predicted molar refractivity (Wildman–Crippen MR) is 128 cm³/mol. The largest absolute Gasteiger partial charge is 0.507 e. The van der Waals surface area contributed by atoms with Crippen LogP contribution in [0.15, 0.2) is 78.6 Å². The second kappa shape index (κ2) is 10.2. The van der Waals surface area contributed by atoms with Crippen LogP contribution in [0.1, 0.15) is 40.0 Å². The van der Waals surface area contributed by atoms with E-state index in [4.69, 9.17) is 4.74 Å². The van der Waals surface area contributed by atoms with Crippen LogP contribution in [0.2, 0.25) is 0 Å². The Kier molecular flexibility index (Phi) is 6.86. The number of ketones is 1. The average molecular weight is 487 g/mol. The minimum Gasteiger partial charge on any atom is -0.507 e. The fraction of sp³-hybridized carbons (Fsp3) is 0.154. The van der Waals surface area contributed by atoms with E-state index in [1.54, 1.807) is 43.3 Å². The van der Waals surface area contributed by atoms with Gasteiger partial charge in [-0.1, -0.05) is 12.1 Å². The first-order chi connectivity index (χ1) is 17.3. The van der Waals surface area contributed by atoms with Crippen molar-refractivity contribution in [3.63, 3.8) is 0 Å². The average Bonchev–Trinajstić information content (AvgIpc) is 3.14. The van der Waals surface area contributed by atoms with E-state index in [1.807, 2.05) is 0 Å². The zero-order valence-electron chi connectivity index (χ0n) is 19.2. The van der Waals surface area contributed by atoms with E-state index >= 15 is 0 Å². The molecular weight excluding hydrogens is 466 g/mol. The Balaban J connectivity index is 1.74. The highest BCUT2D eigenvalue weighted by Crippen LogP contribution is 2.40. The Morgan fingerprint density at radius 3 is 2.22 bits per heavy atom. The summed E-state index contributed by atoms with van der Waals surface area (Å²) in [5.74, 6) is -2.60. The molecule has 182 valence electrons. The van der Waals surface area contributed by atoms with Crippen LogP contribution in [0.4, 0.5) is 5.69 Å². The molecule has 36 heavy (non-hydrogen) atoms. The number of aliphatic hydroxyl groups excluding tert-OH is 1. The van der Waals surface area contributed by atoms with Crippen LogP contribution in [0.3, 0.4) is 0 Å². The summed E-state index contributed by atoms with van der Waals surface area (Å²) in [6, 6.07) is 13.9. The Morgan fingerprint density at radius 2 is 1.64 bits per heavy atom. The topological polar surface area (TPSA) is 140 Å². The third-order valence-electron chi connectivity index (χ3n) is 5.73. The van der Waals surface area contributed by atoms with Crippen molar-refractivity contribution in [3.05, 3.63) is 111 Å². The monoisotopic (exact) mass is 487 g/mol. The Bertz CT molecular complexity index is 1350. The van der Waals surface area contributed by atoms with Crippen LogP contribution in [0.25, 0.3) is 5.76 Å². The summed E-state index contributed by atoms with van der Waals surface area (Å²) >= 11 is 0. The van der Waals surface area contributed by atoms with Crippen molar-refractivity contribution < 1.29 is 29.2 Å². The van der Waals surface area contributed by atoms with Crippen LogP contribution < -0.4 is 0 Å². The summed E-state index contributed by atoms with van der Waals surface area (Å²) in [6.07, 6.45) is 3.02. The molecule has 2 heterocycles. The number of Topliss-reactive ketones (excluding diaryl/α,β-unsaturated/α-hetero) is 1. The maximum absolute atomic E-state index is 13.1. The van der Waals surface area contributed by atoms with Crippen molar-refractivity contribution in [2.24, 2.45) is 0 Å². The summed E-state index contributed by atoms with van der Waals surface area (Å²) in [6.45, 7) is 1.97. The minimum atomic E-state index is -0.923. The number of pyridine rings is 1. The summed E-state index contributed by atoms with van der Waals surface area (Å²) < 4.78 is 4.98. The fourth-order valence-electron chi connectivity index (χ4n) is 3.99. The van der Waals surface area contributed by atoms with Crippen molar-refractivity contribution >= 4 is 29.1 Å². The van der Waals surface area contributed by atoms with Gasteiger partial charge in [0.25, 0.3) is 17.4 Å². The maximum atomic E-state index is 13.1. The molecule has 1 N–H and O–H groups in total. The number of carbonyl (C=O) groups is 3. The van der Waals surface area contributed by atoms with Gasteiger partial charge in [0.2, 0.25) is 0 Å². The molecule has 1 unspecified atom stereocenters. The summed E-state index contributed by atoms with van der Waals surface area (Å²) in [4.78, 5) is 53.8. The normalized spacial score (nSPS) is 16.7. The molecule has 0 aliphatic carbocycles. The van der Waals surface area contributed by atoms with Gasteiger partial charge in [0, 0.05) is 36.6 Å². The first-order valence-corrected chi connectivity index (χ1v) is 11.0. The first-order valence-electron chi connectivity index (χ1n) is 11.0. The third-order valence-corrected chi connectivity index (χ3v) is 5.73. The van der Waals surface area contributed by atoms with Crippen LogP contribution in [-0.2, 0) is 20.9 Å². The van der Waals surface area contributed by atoms with Crippen molar-refractivity contribution in [1.29, 1.82) is 0 Å². The number of nitro groups is 1. The van der Waals surface area contributed by atoms with E-state index in [9.17, 15) is 29.6 Å². The maximum Gasteiger partial charge on any atom is 0.338 e. The molecule has 10 heteroatoms. The molecule has 0 radical (unpaired) electrons. The van der Waals surface area contributed by atoms with Gasteiger partial charge < -0.3 is 14.7 Å². The van der Waals surface area contributed by atoms with Gasteiger partial charge in [-0.25, -0.2) is 4.79 Å². The lowest BCUT2D eigenvalue weighted by molar-refractivity contribution is -0.384. The van der Waals surface area contributed by atoms with Gasteiger partial charge in [0.05, 0.1) is 28.7 Å². The van der Waals surface area contributed by atoms with E-state index in [0.29, 0.717) is 16.7 Å². The van der Waals surface area contributed by atoms with Crippen LogP contribution in [0.5, 0.6) is 0 Å². The molecular formula is C26H21N3O7. The van der Waals surface area contributed by atoms with Crippen LogP contribution >= 0.6 is 0 Å². The first kappa shape index (κ1) is 24.3. The second-order valence-electron chi connectivity index (χ2n) is 7.93. The van der Waals surface area contributed by atoms with Crippen molar-refractivity contribution in [2.45, 2.75) is 19.5 Å². The number of benzene rings is 2. The number of aromatic nitrogens is 1. The van der Waals surface area contributed by atoms with Gasteiger partial charge in [-0.15, -0.1) is 0 Å². The molecule has 1 fully saturated rings. The minimum absolute atomic E-state index is 0.0255. The Hall–Kier alpha value is -4.86. The van der Waals surface area contributed by atoms with Gasteiger partial charge >= 0.3 is 5.97 Å². The van der Waals surface area contributed by atoms with Crippen molar-refractivity contribution in [1.82, 2.24) is 9.88 Å². The van der Waals surface area contributed by atoms with E-state index in [-0.39, 0.29) is 30.0 Å².